The molecule has 2 aromatic carbocycles. The van der Waals surface area contributed by atoms with Crippen molar-refractivity contribution in [3.63, 3.8) is 0 Å². The highest BCUT2D eigenvalue weighted by molar-refractivity contribution is 6.32. The average Bonchev–Trinajstić information content (AvgIpc) is 2.46. The van der Waals surface area contributed by atoms with Crippen LogP contribution < -0.4 is 9.47 Å². The van der Waals surface area contributed by atoms with E-state index in [0.29, 0.717) is 29.0 Å². The number of hydrogen-bond donors (Lipinski definition) is 1. The second-order valence-corrected chi connectivity index (χ2v) is 5.78. The largest absolute Gasteiger partial charge is 0.508 e. The van der Waals surface area contributed by atoms with Gasteiger partial charge in [0, 0.05) is 11.1 Å². The highest BCUT2D eigenvalue weighted by Gasteiger charge is 2.07. The molecule has 0 aromatic heterocycles. The molecule has 0 heterocycles. The Hall–Kier alpha value is -1.58. The predicted octanol–water partition coefficient (Wildman–Crippen LogP) is 5.25. The minimum absolute atomic E-state index is 0.145. The monoisotopic (exact) mass is 340 g/mol. The van der Waals surface area contributed by atoms with Crippen LogP contribution in [0, 0.1) is 6.92 Å². The van der Waals surface area contributed by atoms with Gasteiger partial charge in [-0.15, -0.1) is 0 Å². The fourth-order valence-corrected chi connectivity index (χ4v) is 2.44. The molecule has 0 amide bonds. The van der Waals surface area contributed by atoms with Crippen molar-refractivity contribution in [2.45, 2.75) is 19.8 Å². The summed E-state index contributed by atoms with van der Waals surface area (Å²) >= 11 is 11.9. The highest BCUT2D eigenvalue weighted by atomic mass is 35.5. The van der Waals surface area contributed by atoms with Gasteiger partial charge in [0.25, 0.3) is 0 Å². The summed E-state index contributed by atoms with van der Waals surface area (Å²) in [6.45, 7) is 3.02. The van der Waals surface area contributed by atoms with Crippen molar-refractivity contribution in [1.29, 1.82) is 0 Å². The molecule has 2 aromatic rings. The van der Waals surface area contributed by atoms with Gasteiger partial charge in [0.15, 0.2) is 0 Å². The van der Waals surface area contributed by atoms with Crippen molar-refractivity contribution in [1.82, 2.24) is 0 Å². The first kappa shape index (κ1) is 16.8. The first-order valence-corrected chi connectivity index (χ1v) is 7.82. The number of unbranched alkanes of at least 4 members (excludes halogenated alkanes) is 1. The SMILES string of the molecule is Cc1cc(O)cc(Cl)c1OCCCCOc1ccc(Cl)cc1. The molecule has 0 fully saturated rings. The molecular weight excluding hydrogens is 323 g/mol. The Kier molecular flexibility index (Phi) is 6.22. The molecule has 118 valence electrons. The van der Waals surface area contributed by atoms with Gasteiger partial charge in [-0.1, -0.05) is 23.2 Å². The van der Waals surface area contributed by atoms with Gasteiger partial charge in [-0.25, -0.2) is 0 Å². The van der Waals surface area contributed by atoms with Crippen molar-refractivity contribution in [2.24, 2.45) is 0 Å². The summed E-state index contributed by atoms with van der Waals surface area (Å²) in [4.78, 5) is 0. The molecule has 0 aliphatic heterocycles. The topological polar surface area (TPSA) is 38.7 Å². The lowest BCUT2D eigenvalue weighted by atomic mass is 10.2. The van der Waals surface area contributed by atoms with E-state index < -0.39 is 0 Å². The number of ether oxygens (including phenoxy) is 2. The van der Waals surface area contributed by atoms with Crippen LogP contribution in [0.1, 0.15) is 18.4 Å². The molecule has 0 spiro atoms. The van der Waals surface area contributed by atoms with Gasteiger partial charge >= 0.3 is 0 Å². The number of phenolic OH excluding ortho intramolecular Hbond substituents is 1. The number of aryl methyl sites for hydroxylation is 1. The van der Waals surface area contributed by atoms with Crippen molar-refractivity contribution in [3.05, 3.63) is 52.0 Å². The van der Waals surface area contributed by atoms with E-state index in [4.69, 9.17) is 32.7 Å². The summed E-state index contributed by atoms with van der Waals surface area (Å²) in [5, 5.41) is 10.5. The van der Waals surface area contributed by atoms with E-state index in [1.165, 1.54) is 6.07 Å². The molecule has 0 radical (unpaired) electrons. The lowest BCUT2D eigenvalue weighted by Gasteiger charge is -2.11. The van der Waals surface area contributed by atoms with Gasteiger partial charge in [0.2, 0.25) is 0 Å². The second-order valence-electron chi connectivity index (χ2n) is 4.93. The molecule has 5 heteroatoms. The van der Waals surface area contributed by atoms with E-state index in [0.717, 1.165) is 24.2 Å². The van der Waals surface area contributed by atoms with Crippen molar-refractivity contribution < 1.29 is 14.6 Å². The molecular formula is C17H18Cl2O3. The molecule has 1 N–H and O–H groups in total. The molecule has 0 bridgehead atoms. The molecule has 0 saturated carbocycles. The molecule has 0 aliphatic carbocycles. The van der Waals surface area contributed by atoms with E-state index in [2.05, 4.69) is 0 Å². The minimum Gasteiger partial charge on any atom is -0.508 e. The third-order valence-electron chi connectivity index (χ3n) is 3.08. The number of aromatic hydroxyl groups is 1. The first-order chi connectivity index (χ1) is 10.6. The fourth-order valence-electron chi connectivity index (χ4n) is 1.99. The number of halogens is 2. The smallest absolute Gasteiger partial charge is 0.141 e. The lowest BCUT2D eigenvalue weighted by molar-refractivity contribution is 0.265. The van der Waals surface area contributed by atoms with Crippen molar-refractivity contribution >= 4 is 23.2 Å². The Morgan fingerprint density at radius 2 is 1.59 bits per heavy atom. The Labute approximate surface area is 140 Å². The van der Waals surface area contributed by atoms with Gasteiger partial charge in [0.1, 0.15) is 17.2 Å². The third kappa shape index (κ3) is 5.00. The van der Waals surface area contributed by atoms with Crippen molar-refractivity contribution in [3.8, 4) is 17.2 Å². The van der Waals surface area contributed by atoms with E-state index in [1.54, 1.807) is 18.2 Å². The number of hydrogen-bond acceptors (Lipinski definition) is 3. The Balaban J connectivity index is 1.68. The Bertz CT molecular complexity index is 589. The van der Waals surface area contributed by atoms with Gasteiger partial charge < -0.3 is 14.6 Å². The molecule has 0 atom stereocenters. The highest BCUT2D eigenvalue weighted by Crippen LogP contribution is 2.32. The molecule has 22 heavy (non-hydrogen) atoms. The van der Waals surface area contributed by atoms with Crippen LogP contribution in [-0.4, -0.2) is 18.3 Å². The van der Waals surface area contributed by atoms with Crippen LogP contribution in [0.5, 0.6) is 17.2 Å². The quantitative estimate of drug-likeness (QED) is 0.700. The fraction of sp³-hybridized carbons (Fsp3) is 0.294. The van der Waals surface area contributed by atoms with E-state index in [-0.39, 0.29) is 5.75 Å². The van der Waals surface area contributed by atoms with Gasteiger partial charge in [-0.05, 0) is 55.7 Å². The summed E-state index contributed by atoms with van der Waals surface area (Å²) in [6.07, 6.45) is 1.72. The number of phenols is 1. The standard InChI is InChI=1S/C17H18Cl2O3/c1-12-10-14(20)11-16(19)17(12)22-9-3-2-8-21-15-6-4-13(18)5-7-15/h4-7,10-11,20H,2-3,8-9H2,1H3. The average molecular weight is 341 g/mol. The van der Waals surface area contributed by atoms with Crippen LogP contribution in [0.25, 0.3) is 0 Å². The van der Waals surface area contributed by atoms with Crippen LogP contribution in [0.2, 0.25) is 10.0 Å². The number of benzene rings is 2. The van der Waals surface area contributed by atoms with Crippen LogP contribution >= 0.6 is 23.2 Å². The normalized spacial score (nSPS) is 10.5. The van der Waals surface area contributed by atoms with Crippen LogP contribution in [0.15, 0.2) is 36.4 Å². The lowest BCUT2D eigenvalue weighted by Crippen LogP contribution is -2.03. The van der Waals surface area contributed by atoms with Gasteiger partial charge in [0.05, 0.1) is 18.2 Å². The maximum Gasteiger partial charge on any atom is 0.141 e. The van der Waals surface area contributed by atoms with Gasteiger partial charge in [-0.3, -0.25) is 0 Å². The Morgan fingerprint density at radius 3 is 2.23 bits per heavy atom. The summed E-state index contributed by atoms with van der Waals surface area (Å²) in [6, 6.07) is 10.4. The maximum absolute atomic E-state index is 9.42. The first-order valence-electron chi connectivity index (χ1n) is 7.06. The molecule has 0 aliphatic rings. The summed E-state index contributed by atoms with van der Waals surface area (Å²) in [7, 11) is 0. The molecule has 0 saturated heterocycles. The predicted molar refractivity (Wildman–Crippen MR) is 89.5 cm³/mol. The molecule has 0 unspecified atom stereocenters. The summed E-state index contributed by atoms with van der Waals surface area (Å²) in [5.41, 5.74) is 0.822. The summed E-state index contributed by atoms with van der Waals surface area (Å²) < 4.78 is 11.3. The van der Waals surface area contributed by atoms with E-state index in [9.17, 15) is 5.11 Å². The van der Waals surface area contributed by atoms with Crippen molar-refractivity contribution in [2.75, 3.05) is 13.2 Å². The second kappa shape index (κ2) is 8.16. The van der Waals surface area contributed by atoms with Crippen LogP contribution in [-0.2, 0) is 0 Å². The van der Waals surface area contributed by atoms with E-state index in [1.807, 2.05) is 19.1 Å². The maximum atomic E-state index is 9.42. The Morgan fingerprint density at radius 1 is 0.955 bits per heavy atom. The zero-order chi connectivity index (χ0) is 15.9. The molecule has 3 nitrogen and oxygen atoms in total. The molecule has 2 rings (SSSR count). The van der Waals surface area contributed by atoms with E-state index >= 15 is 0 Å². The zero-order valence-electron chi connectivity index (χ0n) is 12.3. The van der Waals surface area contributed by atoms with Crippen LogP contribution in [0.4, 0.5) is 0 Å². The third-order valence-corrected chi connectivity index (χ3v) is 3.61. The van der Waals surface area contributed by atoms with Crippen LogP contribution in [0.3, 0.4) is 0 Å². The van der Waals surface area contributed by atoms with Gasteiger partial charge in [-0.2, -0.15) is 0 Å². The zero-order valence-corrected chi connectivity index (χ0v) is 13.8. The summed E-state index contributed by atoms with van der Waals surface area (Å²) in [5.74, 6) is 1.58. The number of rotatable bonds is 7. The minimum atomic E-state index is 0.145.